The summed E-state index contributed by atoms with van der Waals surface area (Å²) in [4.78, 5) is 33.3. The monoisotopic (exact) mass is 478 g/mol. The molecule has 0 saturated heterocycles. The van der Waals surface area contributed by atoms with E-state index in [1.54, 1.807) is 29.8 Å². The molecule has 1 unspecified atom stereocenters. The largest absolute Gasteiger partial charge is 0.493 e. The quantitative estimate of drug-likeness (QED) is 0.400. The number of benzene rings is 2. The Labute approximate surface area is 199 Å². The number of aryl methyl sites for hydroxylation is 1. The number of fused-ring (bicyclic) bond motifs is 2. The molecule has 174 valence electrons. The summed E-state index contributed by atoms with van der Waals surface area (Å²) in [5, 5.41) is 2.66. The van der Waals surface area contributed by atoms with E-state index in [4.69, 9.17) is 18.6 Å². The Hall–Kier alpha value is -3.85. The second-order valence-electron chi connectivity index (χ2n) is 7.71. The fourth-order valence-corrected chi connectivity index (χ4v) is 5.01. The van der Waals surface area contributed by atoms with E-state index < -0.39 is 11.9 Å². The average molecular weight is 479 g/mol. The minimum Gasteiger partial charge on any atom is -0.493 e. The van der Waals surface area contributed by atoms with E-state index in [2.05, 4.69) is 4.98 Å². The number of rotatable bonds is 6. The summed E-state index contributed by atoms with van der Waals surface area (Å²) in [6.45, 7) is 2.02. The SMILES string of the molecule is CCc1ccc2oc3c(c(=O)c2c1)C(c1cc(OC)c(OC)c(OC)c1)N(c1nccs1)C3=O. The van der Waals surface area contributed by atoms with E-state index in [1.807, 2.05) is 19.1 Å². The molecule has 2 aromatic carbocycles. The van der Waals surface area contributed by atoms with E-state index in [0.717, 1.165) is 12.0 Å². The van der Waals surface area contributed by atoms with E-state index >= 15 is 0 Å². The Morgan fingerprint density at radius 1 is 1.06 bits per heavy atom. The molecule has 0 radical (unpaired) electrons. The highest BCUT2D eigenvalue weighted by molar-refractivity contribution is 7.13. The Morgan fingerprint density at radius 3 is 2.38 bits per heavy atom. The molecule has 0 spiro atoms. The molecule has 0 aliphatic carbocycles. The van der Waals surface area contributed by atoms with Crippen molar-refractivity contribution in [3.05, 3.63) is 74.6 Å². The third kappa shape index (κ3) is 3.23. The van der Waals surface area contributed by atoms with Crippen LogP contribution >= 0.6 is 11.3 Å². The molecule has 0 bridgehead atoms. The maximum Gasteiger partial charge on any atom is 0.297 e. The van der Waals surface area contributed by atoms with E-state index in [1.165, 1.54) is 37.6 Å². The summed E-state index contributed by atoms with van der Waals surface area (Å²) < 4.78 is 22.5. The summed E-state index contributed by atoms with van der Waals surface area (Å²) >= 11 is 1.30. The van der Waals surface area contributed by atoms with Crippen LogP contribution in [0.2, 0.25) is 0 Å². The molecule has 1 aliphatic heterocycles. The van der Waals surface area contributed by atoms with Crippen molar-refractivity contribution in [2.75, 3.05) is 26.2 Å². The third-order valence-corrected chi connectivity index (χ3v) is 6.74. The van der Waals surface area contributed by atoms with Crippen molar-refractivity contribution in [3.63, 3.8) is 0 Å². The van der Waals surface area contributed by atoms with Crippen LogP contribution in [0.15, 0.2) is 51.1 Å². The lowest BCUT2D eigenvalue weighted by molar-refractivity contribution is 0.0971. The predicted octanol–water partition coefficient (Wildman–Crippen LogP) is 4.59. The molecule has 4 aromatic rings. The van der Waals surface area contributed by atoms with Gasteiger partial charge >= 0.3 is 0 Å². The van der Waals surface area contributed by atoms with Crippen molar-refractivity contribution < 1.29 is 23.4 Å². The number of carbonyl (C=O) groups excluding carboxylic acids is 1. The zero-order chi connectivity index (χ0) is 24.0. The van der Waals surface area contributed by atoms with Crippen molar-refractivity contribution >= 4 is 33.3 Å². The number of hydrogen-bond acceptors (Lipinski definition) is 8. The van der Waals surface area contributed by atoms with Gasteiger partial charge in [0.2, 0.25) is 11.5 Å². The number of hydrogen-bond donors (Lipinski definition) is 0. The third-order valence-electron chi connectivity index (χ3n) is 5.97. The van der Waals surface area contributed by atoms with Crippen LogP contribution in [0.1, 0.15) is 40.2 Å². The van der Waals surface area contributed by atoms with Crippen LogP contribution < -0.4 is 24.5 Å². The maximum atomic E-state index is 13.8. The molecule has 1 atom stereocenters. The smallest absolute Gasteiger partial charge is 0.297 e. The van der Waals surface area contributed by atoms with Gasteiger partial charge in [0.25, 0.3) is 5.91 Å². The van der Waals surface area contributed by atoms with Gasteiger partial charge in [0.1, 0.15) is 5.58 Å². The predicted molar refractivity (Wildman–Crippen MR) is 129 cm³/mol. The van der Waals surface area contributed by atoms with E-state index in [-0.39, 0.29) is 16.8 Å². The summed E-state index contributed by atoms with van der Waals surface area (Å²) in [6, 6.07) is 8.15. The number of nitrogens with zero attached hydrogens (tertiary/aromatic N) is 2. The van der Waals surface area contributed by atoms with Crippen molar-refractivity contribution in [2.45, 2.75) is 19.4 Å². The standard InChI is InChI=1S/C25H22N2O6S/c1-5-13-6-7-16-15(10-13)21(28)19-20(14-11-17(30-2)22(32-4)18(12-14)31-3)27(24(29)23(19)33-16)25-26-8-9-34-25/h6-12,20H,5H2,1-4H3. The van der Waals surface area contributed by atoms with E-state index in [9.17, 15) is 9.59 Å². The van der Waals surface area contributed by atoms with Gasteiger partial charge in [0.15, 0.2) is 22.1 Å². The van der Waals surface area contributed by atoms with Gasteiger partial charge in [-0.3, -0.25) is 14.5 Å². The van der Waals surface area contributed by atoms with Crippen molar-refractivity contribution in [1.29, 1.82) is 0 Å². The topological polar surface area (TPSA) is 91.1 Å². The van der Waals surface area contributed by atoms with Gasteiger partial charge in [0, 0.05) is 11.6 Å². The molecule has 5 rings (SSSR count). The zero-order valence-corrected chi connectivity index (χ0v) is 19.9. The minimum atomic E-state index is -0.784. The number of anilines is 1. The van der Waals surface area contributed by atoms with Gasteiger partial charge in [-0.15, -0.1) is 11.3 Å². The van der Waals surface area contributed by atoms with Gasteiger partial charge < -0.3 is 18.6 Å². The zero-order valence-electron chi connectivity index (χ0n) is 19.1. The first-order chi connectivity index (χ1) is 16.5. The molecule has 2 aromatic heterocycles. The molecular formula is C25H22N2O6S. The molecule has 0 fully saturated rings. The van der Waals surface area contributed by atoms with Crippen molar-refractivity contribution in [1.82, 2.24) is 4.98 Å². The Kier molecular flexibility index (Phi) is 5.49. The minimum absolute atomic E-state index is 0.00991. The van der Waals surface area contributed by atoms with Crippen LogP contribution in [0.4, 0.5) is 5.13 Å². The highest BCUT2D eigenvalue weighted by atomic mass is 32.1. The summed E-state index contributed by atoms with van der Waals surface area (Å²) in [5.41, 5.74) is 1.99. The van der Waals surface area contributed by atoms with Crippen LogP contribution in [0.3, 0.4) is 0 Å². The normalized spacial score (nSPS) is 15.0. The summed E-state index contributed by atoms with van der Waals surface area (Å²) in [5.74, 6) is 0.820. The van der Waals surface area contributed by atoms with E-state index in [0.29, 0.717) is 38.9 Å². The number of amides is 1. The summed E-state index contributed by atoms with van der Waals surface area (Å²) in [6.07, 6.45) is 2.38. The number of ether oxygens (including phenoxy) is 3. The molecule has 1 amide bonds. The van der Waals surface area contributed by atoms with Crippen molar-refractivity contribution in [2.24, 2.45) is 0 Å². The first-order valence-corrected chi connectivity index (χ1v) is 11.5. The van der Waals surface area contributed by atoms with Crippen LogP contribution in [-0.2, 0) is 6.42 Å². The van der Waals surface area contributed by atoms with Gasteiger partial charge in [-0.1, -0.05) is 13.0 Å². The fraction of sp³-hybridized carbons (Fsp3) is 0.240. The molecule has 0 saturated carbocycles. The molecule has 8 nitrogen and oxygen atoms in total. The summed E-state index contributed by atoms with van der Waals surface area (Å²) in [7, 11) is 4.55. The molecule has 3 heterocycles. The van der Waals surface area contributed by atoms with Crippen molar-refractivity contribution in [3.8, 4) is 17.2 Å². The van der Waals surface area contributed by atoms with Crippen LogP contribution in [0.25, 0.3) is 11.0 Å². The lowest BCUT2D eigenvalue weighted by Gasteiger charge is -2.24. The fourth-order valence-electron chi connectivity index (χ4n) is 4.35. The lowest BCUT2D eigenvalue weighted by atomic mass is 9.97. The average Bonchev–Trinajstić information content (AvgIpc) is 3.49. The number of thiazole rings is 1. The number of carbonyl (C=O) groups is 1. The van der Waals surface area contributed by atoms with Gasteiger partial charge in [-0.2, -0.15) is 0 Å². The van der Waals surface area contributed by atoms with Gasteiger partial charge in [-0.25, -0.2) is 4.98 Å². The van der Waals surface area contributed by atoms with Crippen LogP contribution in [0.5, 0.6) is 17.2 Å². The second-order valence-corrected chi connectivity index (χ2v) is 8.58. The molecular weight excluding hydrogens is 456 g/mol. The highest BCUT2D eigenvalue weighted by Gasteiger charge is 2.45. The van der Waals surface area contributed by atoms with Gasteiger partial charge in [-0.05, 0) is 41.8 Å². The lowest BCUT2D eigenvalue weighted by Crippen LogP contribution is -2.29. The molecule has 1 aliphatic rings. The Balaban J connectivity index is 1.83. The van der Waals surface area contributed by atoms with Gasteiger partial charge in [0.05, 0.1) is 38.3 Å². The second kappa shape index (κ2) is 8.49. The Bertz CT molecular complexity index is 1440. The highest BCUT2D eigenvalue weighted by Crippen LogP contribution is 2.46. The maximum absolute atomic E-state index is 13.8. The molecule has 0 N–H and O–H groups in total. The first kappa shape index (κ1) is 22.0. The Morgan fingerprint density at radius 2 is 1.79 bits per heavy atom. The molecule has 34 heavy (non-hydrogen) atoms. The number of aromatic nitrogens is 1. The number of methoxy groups -OCH3 is 3. The molecule has 9 heteroatoms. The first-order valence-electron chi connectivity index (χ1n) is 10.6. The van der Waals surface area contributed by atoms with Crippen LogP contribution in [-0.4, -0.2) is 32.2 Å². The van der Waals surface area contributed by atoms with Crippen LogP contribution in [0, 0.1) is 0 Å².